The summed E-state index contributed by atoms with van der Waals surface area (Å²) in [4.78, 5) is 0. The molecule has 0 aliphatic carbocycles. The molecular formula is C24H25N3O3. The Hall–Kier alpha value is -3.80. The molecule has 0 saturated heterocycles. The predicted molar refractivity (Wildman–Crippen MR) is 120 cm³/mol. The van der Waals surface area contributed by atoms with Crippen LogP contribution in [0.3, 0.4) is 0 Å². The van der Waals surface area contributed by atoms with E-state index in [9.17, 15) is 5.21 Å². The molecule has 0 spiro atoms. The fourth-order valence-electron chi connectivity index (χ4n) is 2.92. The second-order valence-corrected chi connectivity index (χ2v) is 6.63. The van der Waals surface area contributed by atoms with Crippen LogP contribution in [0.4, 0.5) is 5.69 Å². The fraction of sp³-hybridized carbons (Fsp3) is 0.167. The highest BCUT2D eigenvalue weighted by Gasteiger charge is 2.13. The van der Waals surface area contributed by atoms with Crippen molar-refractivity contribution in [2.75, 3.05) is 19.6 Å². The number of anilines is 1. The van der Waals surface area contributed by atoms with E-state index in [1.54, 1.807) is 14.2 Å². The van der Waals surface area contributed by atoms with Crippen LogP contribution in [-0.4, -0.2) is 30.9 Å². The molecule has 2 N–H and O–H groups in total. The van der Waals surface area contributed by atoms with Gasteiger partial charge < -0.3 is 14.7 Å². The standard InChI is InChI=1S/C24H25N3O3/c1-29-21-12-8-18(9-13-21)16-23(26-25-20-6-4-3-5-7-20)24(27-28)17-19-10-14-22(30-2)15-11-19/h3-15,25,28H,16-17H2,1-2H3/b26-23+,27-24+. The summed E-state index contributed by atoms with van der Waals surface area (Å²) in [7, 11) is 3.27. The molecule has 0 saturated carbocycles. The Morgan fingerprint density at radius 2 is 1.23 bits per heavy atom. The molecule has 0 aliphatic heterocycles. The average Bonchev–Trinajstić information content (AvgIpc) is 2.82. The zero-order valence-corrected chi connectivity index (χ0v) is 17.1. The van der Waals surface area contributed by atoms with Gasteiger partial charge in [-0.25, -0.2) is 0 Å². The second-order valence-electron chi connectivity index (χ2n) is 6.63. The van der Waals surface area contributed by atoms with Crippen LogP contribution in [0.2, 0.25) is 0 Å². The minimum absolute atomic E-state index is 0.436. The molecule has 0 bridgehead atoms. The molecule has 3 aromatic carbocycles. The van der Waals surface area contributed by atoms with Crippen molar-refractivity contribution in [3.05, 3.63) is 90.0 Å². The number of para-hydroxylation sites is 1. The van der Waals surface area contributed by atoms with E-state index in [4.69, 9.17) is 9.47 Å². The lowest BCUT2D eigenvalue weighted by Gasteiger charge is -2.11. The average molecular weight is 403 g/mol. The van der Waals surface area contributed by atoms with Gasteiger partial charge in [0, 0.05) is 12.8 Å². The minimum atomic E-state index is 0.436. The molecule has 0 atom stereocenters. The quantitative estimate of drug-likeness (QED) is 0.306. The molecule has 6 heteroatoms. The van der Waals surface area contributed by atoms with E-state index in [0.29, 0.717) is 24.3 Å². The molecule has 6 nitrogen and oxygen atoms in total. The molecule has 154 valence electrons. The van der Waals surface area contributed by atoms with Crippen LogP contribution in [0.5, 0.6) is 11.5 Å². The van der Waals surface area contributed by atoms with Crippen molar-refractivity contribution in [3.63, 3.8) is 0 Å². The molecule has 0 aliphatic rings. The topological polar surface area (TPSA) is 75.4 Å². The lowest BCUT2D eigenvalue weighted by Crippen LogP contribution is -2.21. The van der Waals surface area contributed by atoms with E-state index in [1.165, 1.54) is 0 Å². The van der Waals surface area contributed by atoms with Crippen LogP contribution >= 0.6 is 0 Å². The van der Waals surface area contributed by atoms with E-state index >= 15 is 0 Å². The number of hydrogen-bond acceptors (Lipinski definition) is 6. The molecule has 0 heterocycles. The molecule has 3 aromatic rings. The normalized spacial score (nSPS) is 11.8. The highest BCUT2D eigenvalue weighted by Crippen LogP contribution is 2.16. The summed E-state index contributed by atoms with van der Waals surface area (Å²) in [6.07, 6.45) is 0.936. The van der Waals surface area contributed by atoms with Gasteiger partial charge in [0.25, 0.3) is 0 Å². The van der Waals surface area contributed by atoms with E-state index in [1.807, 2.05) is 78.9 Å². The molecule has 0 radical (unpaired) electrons. The van der Waals surface area contributed by atoms with Crippen molar-refractivity contribution in [1.82, 2.24) is 0 Å². The highest BCUT2D eigenvalue weighted by molar-refractivity contribution is 6.43. The van der Waals surface area contributed by atoms with Gasteiger partial charge in [-0.15, -0.1) is 0 Å². The van der Waals surface area contributed by atoms with Gasteiger partial charge in [-0.3, -0.25) is 5.43 Å². The first-order chi connectivity index (χ1) is 14.7. The van der Waals surface area contributed by atoms with Gasteiger partial charge in [-0.05, 0) is 47.5 Å². The van der Waals surface area contributed by atoms with Gasteiger partial charge in [0.2, 0.25) is 0 Å². The van der Waals surface area contributed by atoms with Gasteiger partial charge in [0.1, 0.15) is 17.2 Å². The predicted octanol–water partition coefficient (Wildman–Crippen LogP) is 4.79. The molecule has 0 aromatic heterocycles. The first-order valence-corrected chi connectivity index (χ1v) is 9.56. The third-order valence-electron chi connectivity index (χ3n) is 4.61. The molecule has 0 fully saturated rings. The molecule has 0 amide bonds. The summed E-state index contributed by atoms with van der Waals surface area (Å²) in [5, 5.41) is 17.9. The van der Waals surface area contributed by atoms with E-state index in [-0.39, 0.29) is 0 Å². The Morgan fingerprint density at radius 1 is 0.733 bits per heavy atom. The lowest BCUT2D eigenvalue weighted by molar-refractivity contribution is 0.319. The van der Waals surface area contributed by atoms with Crippen LogP contribution < -0.4 is 14.9 Å². The van der Waals surface area contributed by atoms with Crippen molar-refractivity contribution in [2.24, 2.45) is 10.3 Å². The maximum atomic E-state index is 9.75. The Bertz CT molecular complexity index is 982. The minimum Gasteiger partial charge on any atom is -0.497 e. The lowest BCUT2D eigenvalue weighted by atomic mass is 10.00. The summed E-state index contributed by atoms with van der Waals surface area (Å²) in [5.74, 6) is 1.56. The van der Waals surface area contributed by atoms with Gasteiger partial charge in [-0.2, -0.15) is 5.10 Å². The number of nitrogens with zero attached hydrogens (tertiary/aromatic N) is 2. The summed E-state index contributed by atoms with van der Waals surface area (Å²) in [6, 6.07) is 25.0. The first-order valence-electron chi connectivity index (χ1n) is 9.56. The van der Waals surface area contributed by atoms with Crippen molar-refractivity contribution >= 4 is 17.1 Å². The third kappa shape index (κ3) is 5.85. The van der Waals surface area contributed by atoms with Crippen molar-refractivity contribution in [2.45, 2.75) is 12.8 Å². The Balaban J connectivity index is 1.84. The largest absolute Gasteiger partial charge is 0.497 e. The fourth-order valence-corrected chi connectivity index (χ4v) is 2.92. The van der Waals surface area contributed by atoms with Crippen LogP contribution in [0.1, 0.15) is 11.1 Å². The van der Waals surface area contributed by atoms with Crippen LogP contribution in [0, 0.1) is 0 Å². The number of hydrogen-bond donors (Lipinski definition) is 2. The smallest absolute Gasteiger partial charge is 0.118 e. The monoisotopic (exact) mass is 403 g/mol. The van der Waals surface area contributed by atoms with Crippen LogP contribution in [0.25, 0.3) is 0 Å². The van der Waals surface area contributed by atoms with Crippen molar-refractivity contribution < 1.29 is 14.7 Å². The number of rotatable bonds is 9. The Morgan fingerprint density at radius 3 is 1.70 bits per heavy atom. The van der Waals surface area contributed by atoms with Gasteiger partial charge >= 0.3 is 0 Å². The Labute approximate surface area is 176 Å². The van der Waals surface area contributed by atoms with Crippen LogP contribution in [-0.2, 0) is 12.8 Å². The summed E-state index contributed by atoms with van der Waals surface area (Å²) in [6.45, 7) is 0. The first kappa shape index (κ1) is 20.9. The summed E-state index contributed by atoms with van der Waals surface area (Å²) < 4.78 is 10.4. The highest BCUT2D eigenvalue weighted by atomic mass is 16.5. The van der Waals surface area contributed by atoms with E-state index < -0.39 is 0 Å². The van der Waals surface area contributed by atoms with E-state index in [2.05, 4.69) is 15.7 Å². The zero-order valence-electron chi connectivity index (χ0n) is 17.1. The molecule has 0 unspecified atom stereocenters. The number of benzene rings is 3. The van der Waals surface area contributed by atoms with Crippen LogP contribution in [0.15, 0.2) is 89.1 Å². The SMILES string of the molecule is COc1ccc(CC(=N\O)/C(Cc2ccc(OC)cc2)=N/Nc2ccccc2)cc1. The maximum Gasteiger partial charge on any atom is 0.118 e. The molecule has 30 heavy (non-hydrogen) atoms. The number of methoxy groups -OCH3 is 2. The number of hydrazone groups is 1. The molecule has 3 rings (SSSR count). The van der Waals surface area contributed by atoms with Gasteiger partial charge in [-0.1, -0.05) is 47.6 Å². The van der Waals surface area contributed by atoms with Crippen molar-refractivity contribution in [1.29, 1.82) is 0 Å². The Kier molecular flexibility index (Phi) is 7.44. The van der Waals surface area contributed by atoms with Gasteiger partial charge in [0.05, 0.1) is 25.6 Å². The number of oxime groups is 1. The van der Waals surface area contributed by atoms with Crippen molar-refractivity contribution in [3.8, 4) is 11.5 Å². The summed E-state index contributed by atoms with van der Waals surface area (Å²) >= 11 is 0. The van der Waals surface area contributed by atoms with Gasteiger partial charge in [0.15, 0.2) is 0 Å². The number of ether oxygens (including phenoxy) is 2. The third-order valence-corrected chi connectivity index (χ3v) is 4.61. The number of nitrogens with one attached hydrogen (secondary N) is 1. The zero-order chi connectivity index (χ0) is 21.2. The summed E-state index contributed by atoms with van der Waals surface area (Å²) in [5.41, 5.74) is 7.06. The second kappa shape index (κ2) is 10.7. The van der Waals surface area contributed by atoms with E-state index in [0.717, 1.165) is 28.3 Å². The maximum absolute atomic E-state index is 9.75. The molecular weight excluding hydrogens is 378 g/mol.